The van der Waals surface area contributed by atoms with Crippen molar-refractivity contribution in [3.8, 4) is 0 Å². The molecule has 0 spiro atoms. The molecule has 72 valence electrons. The van der Waals surface area contributed by atoms with Crippen molar-refractivity contribution < 1.29 is 19.5 Å². The van der Waals surface area contributed by atoms with Crippen LogP contribution in [0.5, 0.6) is 0 Å². The van der Waals surface area contributed by atoms with Crippen LogP contribution >= 0.6 is 0 Å². The second-order valence-corrected chi connectivity index (χ2v) is 3.88. The maximum atomic E-state index is 9.40. The van der Waals surface area contributed by atoms with E-state index in [4.69, 9.17) is 9.90 Å². The number of likely N-dealkylation sites (tertiary alicyclic amines) is 1. The summed E-state index contributed by atoms with van der Waals surface area (Å²) in [6.07, 6.45) is 0.840. The molecule has 1 heterocycles. The van der Waals surface area contributed by atoms with E-state index in [9.17, 15) is 5.11 Å². The van der Waals surface area contributed by atoms with E-state index in [1.54, 1.807) is 0 Å². The van der Waals surface area contributed by atoms with E-state index in [2.05, 4.69) is 21.0 Å². The number of carboxylic acid groups (broad SMARTS) is 1. The number of nitrogens with zero attached hydrogens (tertiary/aromatic N) is 1. The first kappa shape index (κ1) is 11.4. The fourth-order valence-corrected chi connectivity index (χ4v) is 1.64. The summed E-state index contributed by atoms with van der Waals surface area (Å²) in [5.41, 5.74) is 0. The summed E-state index contributed by atoms with van der Waals surface area (Å²) in [5.74, 6) is 0.690. The Bertz CT molecular complexity index is 147. The van der Waals surface area contributed by atoms with Crippen molar-refractivity contribution in [2.75, 3.05) is 20.6 Å². The highest BCUT2D eigenvalue weighted by Crippen LogP contribution is 2.24. The van der Waals surface area contributed by atoms with Crippen LogP contribution in [0.15, 0.2) is 0 Å². The lowest BCUT2D eigenvalue weighted by atomic mass is 10.1. The predicted molar refractivity (Wildman–Crippen MR) is 42.8 cm³/mol. The van der Waals surface area contributed by atoms with Crippen LogP contribution in [0.2, 0.25) is 0 Å². The van der Waals surface area contributed by atoms with E-state index in [-0.39, 0.29) is 6.23 Å². The Morgan fingerprint density at radius 1 is 1.58 bits per heavy atom. The average Bonchev–Trinajstić information content (AvgIpc) is 2.06. The molecular formula is C8H17NO3. The van der Waals surface area contributed by atoms with Gasteiger partial charge in [0.1, 0.15) is 0 Å². The van der Waals surface area contributed by atoms with E-state index in [1.807, 2.05) is 0 Å². The van der Waals surface area contributed by atoms with Crippen LogP contribution < -0.4 is 5.11 Å². The molecule has 2 unspecified atom stereocenters. The van der Waals surface area contributed by atoms with Crippen molar-refractivity contribution in [2.24, 2.45) is 5.92 Å². The fourth-order valence-electron chi connectivity index (χ4n) is 1.64. The average molecular weight is 175 g/mol. The van der Waals surface area contributed by atoms with Crippen LogP contribution in [0.1, 0.15) is 13.3 Å². The van der Waals surface area contributed by atoms with Gasteiger partial charge >= 0.3 is 0 Å². The summed E-state index contributed by atoms with van der Waals surface area (Å²) in [6.45, 7) is 2.80. The maximum absolute atomic E-state index is 9.40. The van der Waals surface area contributed by atoms with Crippen LogP contribution in [0.25, 0.3) is 0 Å². The molecule has 0 aromatic rings. The van der Waals surface area contributed by atoms with E-state index >= 15 is 0 Å². The number of hydrogen-bond acceptors (Lipinski definition) is 3. The quantitative estimate of drug-likeness (QED) is 0.371. The third-order valence-electron chi connectivity index (χ3n) is 2.20. The minimum Gasteiger partial charge on any atom is -0.554 e. The monoisotopic (exact) mass is 175 g/mol. The van der Waals surface area contributed by atoms with E-state index < -0.39 is 6.47 Å². The van der Waals surface area contributed by atoms with Gasteiger partial charge < -0.3 is 19.5 Å². The predicted octanol–water partition coefficient (Wildman–Crippen LogP) is -1.21. The molecule has 0 radical (unpaired) electrons. The SMILES string of the molecule is CC1CC(O)[N+](C)(C)C1.O=C[O-]. The largest absolute Gasteiger partial charge is 0.554 e. The Hall–Kier alpha value is -0.610. The summed E-state index contributed by atoms with van der Waals surface area (Å²) in [7, 11) is 4.16. The van der Waals surface area contributed by atoms with Gasteiger partial charge in [0.25, 0.3) is 0 Å². The zero-order valence-electron chi connectivity index (χ0n) is 7.86. The van der Waals surface area contributed by atoms with E-state index in [0.29, 0.717) is 5.92 Å². The Kier molecular flexibility index (Phi) is 4.20. The third kappa shape index (κ3) is 3.19. The molecule has 0 aliphatic carbocycles. The van der Waals surface area contributed by atoms with Gasteiger partial charge in [0.2, 0.25) is 0 Å². The summed E-state index contributed by atoms with van der Waals surface area (Å²) >= 11 is 0. The molecule has 1 rings (SSSR count). The number of carbonyl (C=O) groups is 1. The molecule has 0 aromatic carbocycles. The molecule has 1 N–H and O–H groups in total. The number of rotatable bonds is 0. The minimum absolute atomic E-state index is 0.125. The van der Waals surface area contributed by atoms with Crippen LogP contribution in [-0.2, 0) is 4.79 Å². The second-order valence-electron chi connectivity index (χ2n) is 3.88. The van der Waals surface area contributed by atoms with Crippen molar-refractivity contribution >= 4 is 6.47 Å². The number of aliphatic hydroxyl groups excluding tert-OH is 1. The number of aliphatic hydroxyl groups is 1. The van der Waals surface area contributed by atoms with E-state index in [0.717, 1.165) is 17.4 Å². The molecule has 1 saturated heterocycles. The first-order valence-electron chi connectivity index (χ1n) is 4.00. The first-order valence-corrected chi connectivity index (χ1v) is 4.00. The molecule has 0 saturated carbocycles. The van der Waals surface area contributed by atoms with Crippen LogP contribution in [0, 0.1) is 5.92 Å². The molecule has 0 bridgehead atoms. The van der Waals surface area contributed by atoms with Gasteiger partial charge in [-0.1, -0.05) is 6.92 Å². The van der Waals surface area contributed by atoms with Crippen molar-refractivity contribution in [2.45, 2.75) is 19.6 Å². The van der Waals surface area contributed by atoms with Crippen LogP contribution in [0.3, 0.4) is 0 Å². The van der Waals surface area contributed by atoms with Crippen molar-refractivity contribution in [3.63, 3.8) is 0 Å². The normalized spacial score (nSPS) is 32.0. The highest BCUT2D eigenvalue weighted by atomic mass is 16.3. The summed E-state index contributed by atoms with van der Waals surface area (Å²) in [4.78, 5) is 8.25. The highest BCUT2D eigenvalue weighted by molar-refractivity contribution is 5.29. The molecule has 4 nitrogen and oxygen atoms in total. The first-order chi connectivity index (χ1) is 5.44. The highest BCUT2D eigenvalue weighted by Gasteiger charge is 2.36. The van der Waals surface area contributed by atoms with Crippen LogP contribution in [0.4, 0.5) is 0 Å². The standard InChI is InChI=1S/C7H16NO.CH2O2/c1-6-4-7(9)8(2,3)5-6;2-1-3/h6-7,9H,4-5H2,1-3H3;1H,(H,2,3)/q+1;/p-1. The van der Waals surface area contributed by atoms with Gasteiger partial charge in [0.05, 0.1) is 20.6 Å². The molecule has 1 fully saturated rings. The van der Waals surface area contributed by atoms with E-state index in [1.165, 1.54) is 0 Å². The Morgan fingerprint density at radius 3 is 2.08 bits per heavy atom. The van der Waals surface area contributed by atoms with Gasteiger partial charge in [-0.2, -0.15) is 0 Å². The summed E-state index contributed by atoms with van der Waals surface area (Å²) in [5, 5.41) is 17.6. The smallest absolute Gasteiger partial charge is 0.190 e. The number of carbonyl (C=O) groups excluding carboxylic acids is 1. The maximum Gasteiger partial charge on any atom is 0.190 e. The number of hydrogen-bond donors (Lipinski definition) is 1. The molecule has 4 heteroatoms. The zero-order valence-corrected chi connectivity index (χ0v) is 7.86. The summed E-state index contributed by atoms with van der Waals surface area (Å²) in [6, 6.07) is 0. The molecule has 2 atom stereocenters. The number of quaternary nitrogens is 1. The molecular weight excluding hydrogens is 158 g/mol. The van der Waals surface area contributed by atoms with Gasteiger partial charge in [-0.25, -0.2) is 0 Å². The van der Waals surface area contributed by atoms with Crippen LogP contribution in [-0.4, -0.2) is 42.9 Å². The Balaban J connectivity index is 0.000000354. The van der Waals surface area contributed by atoms with Gasteiger partial charge in [-0.05, 0) is 0 Å². The van der Waals surface area contributed by atoms with Gasteiger partial charge in [-0.15, -0.1) is 0 Å². The topological polar surface area (TPSA) is 60.4 Å². The lowest BCUT2D eigenvalue weighted by Crippen LogP contribution is -2.43. The van der Waals surface area contributed by atoms with Crippen molar-refractivity contribution in [3.05, 3.63) is 0 Å². The van der Waals surface area contributed by atoms with Gasteiger partial charge in [-0.3, -0.25) is 0 Å². The molecule has 1 aliphatic heterocycles. The molecule has 0 aromatic heterocycles. The van der Waals surface area contributed by atoms with Crippen molar-refractivity contribution in [1.29, 1.82) is 0 Å². The second kappa shape index (κ2) is 4.42. The van der Waals surface area contributed by atoms with Crippen molar-refractivity contribution in [1.82, 2.24) is 0 Å². The Labute approximate surface area is 73.0 Å². The fraction of sp³-hybridized carbons (Fsp3) is 0.875. The van der Waals surface area contributed by atoms with Gasteiger partial charge in [0.15, 0.2) is 6.23 Å². The Morgan fingerprint density at radius 2 is 2.00 bits per heavy atom. The zero-order chi connectivity index (χ0) is 9.78. The molecule has 1 aliphatic rings. The minimum atomic E-state index is -0.500. The lowest BCUT2D eigenvalue weighted by molar-refractivity contribution is -0.924. The molecule has 0 amide bonds. The lowest BCUT2D eigenvalue weighted by Gasteiger charge is -2.27. The third-order valence-corrected chi connectivity index (χ3v) is 2.20. The summed E-state index contributed by atoms with van der Waals surface area (Å²) < 4.78 is 0.779. The molecule has 12 heavy (non-hydrogen) atoms. The van der Waals surface area contributed by atoms with Gasteiger partial charge in [0, 0.05) is 18.8 Å².